The van der Waals surface area contributed by atoms with Crippen molar-refractivity contribution in [2.45, 2.75) is 44.9 Å². The van der Waals surface area contributed by atoms with E-state index in [0.29, 0.717) is 5.92 Å². The summed E-state index contributed by atoms with van der Waals surface area (Å²) in [7, 11) is 3.94. The van der Waals surface area contributed by atoms with Crippen molar-refractivity contribution in [1.82, 2.24) is 4.90 Å². The summed E-state index contributed by atoms with van der Waals surface area (Å²) in [6.07, 6.45) is 8.44. The average molecular weight is 382 g/mol. The molecule has 1 heterocycles. The third kappa shape index (κ3) is 6.56. The van der Waals surface area contributed by atoms with Gasteiger partial charge in [-0.15, -0.1) is 0 Å². The number of aryl methyl sites for hydroxylation is 2. The zero-order chi connectivity index (χ0) is 19.6. The Morgan fingerprint density at radius 1 is 1.00 bits per heavy atom. The van der Waals surface area contributed by atoms with Gasteiger partial charge in [0.1, 0.15) is 11.5 Å². The highest BCUT2D eigenvalue weighted by Gasteiger charge is 2.18. The van der Waals surface area contributed by atoms with Crippen LogP contribution >= 0.6 is 0 Å². The number of benzene rings is 2. The van der Waals surface area contributed by atoms with Crippen molar-refractivity contribution in [3.05, 3.63) is 59.7 Å². The van der Waals surface area contributed by atoms with Crippen LogP contribution < -0.4 is 9.47 Å². The van der Waals surface area contributed by atoms with E-state index in [9.17, 15) is 0 Å². The van der Waals surface area contributed by atoms with Gasteiger partial charge in [0.25, 0.3) is 0 Å². The summed E-state index contributed by atoms with van der Waals surface area (Å²) in [5.41, 5.74) is 2.72. The van der Waals surface area contributed by atoms with Gasteiger partial charge in [-0.3, -0.25) is 0 Å². The van der Waals surface area contributed by atoms with Crippen LogP contribution in [-0.2, 0) is 12.8 Å². The van der Waals surface area contributed by atoms with Crippen molar-refractivity contribution in [1.29, 1.82) is 0 Å². The van der Waals surface area contributed by atoms with Crippen LogP contribution in [0.2, 0.25) is 0 Å². The summed E-state index contributed by atoms with van der Waals surface area (Å²) in [5, 5.41) is 0. The van der Waals surface area contributed by atoms with E-state index in [1.807, 2.05) is 6.07 Å². The topological polar surface area (TPSA) is 21.7 Å². The van der Waals surface area contributed by atoms with E-state index >= 15 is 0 Å². The first-order valence-electron chi connectivity index (χ1n) is 10.8. The van der Waals surface area contributed by atoms with Crippen molar-refractivity contribution in [2.75, 3.05) is 33.9 Å². The Kier molecular flexibility index (Phi) is 8.23. The summed E-state index contributed by atoms with van der Waals surface area (Å²) in [4.78, 5) is 2.42. The van der Waals surface area contributed by atoms with Crippen LogP contribution in [0.4, 0.5) is 0 Å². The molecule has 0 saturated carbocycles. The number of rotatable bonds is 10. The number of hydrogen-bond acceptors (Lipinski definition) is 3. The Balaban J connectivity index is 1.40. The molecular formula is C25H35NO2. The predicted molar refractivity (Wildman–Crippen MR) is 116 cm³/mol. The molecule has 1 saturated heterocycles. The van der Waals surface area contributed by atoms with Crippen LogP contribution in [0.3, 0.4) is 0 Å². The molecule has 0 aliphatic carbocycles. The molecule has 3 heteroatoms. The highest BCUT2D eigenvalue weighted by molar-refractivity contribution is 5.33. The fourth-order valence-electron chi connectivity index (χ4n) is 4.12. The Hall–Kier alpha value is -2.00. The lowest BCUT2D eigenvalue weighted by atomic mass is 9.99. The molecule has 0 bridgehead atoms. The largest absolute Gasteiger partial charge is 0.497 e. The maximum Gasteiger partial charge on any atom is 0.122 e. The van der Waals surface area contributed by atoms with Gasteiger partial charge in [-0.2, -0.15) is 0 Å². The van der Waals surface area contributed by atoms with E-state index in [1.165, 1.54) is 49.8 Å². The van der Waals surface area contributed by atoms with Gasteiger partial charge in [0.05, 0.1) is 13.7 Å². The summed E-state index contributed by atoms with van der Waals surface area (Å²) in [6.45, 7) is 3.23. The number of nitrogens with zero attached hydrogens (tertiary/aromatic N) is 1. The minimum atomic E-state index is 0.662. The second-order valence-corrected chi connectivity index (χ2v) is 8.10. The summed E-state index contributed by atoms with van der Waals surface area (Å²) in [5.74, 6) is 2.70. The van der Waals surface area contributed by atoms with Gasteiger partial charge in [0, 0.05) is 12.5 Å². The molecule has 0 radical (unpaired) electrons. The van der Waals surface area contributed by atoms with Gasteiger partial charge in [0.15, 0.2) is 0 Å². The van der Waals surface area contributed by atoms with Crippen LogP contribution in [0.25, 0.3) is 0 Å². The number of likely N-dealkylation sites (tertiary alicyclic amines) is 1. The van der Waals surface area contributed by atoms with Crippen LogP contribution in [0, 0.1) is 5.92 Å². The lowest BCUT2D eigenvalue weighted by Crippen LogP contribution is -2.34. The van der Waals surface area contributed by atoms with Gasteiger partial charge < -0.3 is 14.4 Å². The molecule has 1 aliphatic heterocycles. The first kappa shape index (κ1) is 20.7. The number of para-hydroxylation sites is 1. The minimum Gasteiger partial charge on any atom is -0.497 e. The number of ether oxygens (including phenoxy) is 2. The lowest BCUT2D eigenvalue weighted by Gasteiger charge is -2.29. The number of piperidine rings is 1. The van der Waals surface area contributed by atoms with Crippen molar-refractivity contribution in [3.63, 3.8) is 0 Å². The van der Waals surface area contributed by atoms with Crippen LogP contribution in [0.15, 0.2) is 48.5 Å². The molecule has 0 amide bonds. The zero-order valence-corrected chi connectivity index (χ0v) is 17.5. The summed E-state index contributed by atoms with van der Waals surface area (Å²) in [6, 6.07) is 17.0. The highest BCUT2D eigenvalue weighted by Crippen LogP contribution is 2.23. The maximum atomic E-state index is 6.24. The van der Waals surface area contributed by atoms with Crippen molar-refractivity contribution in [3.8, 4) is 11.5 Å². The first-order chi connectivity index (χ1) is 13.7. The molecule has 1 unspecified atom stereocenters. The van der Waals surface area contributed by atoms with E-state index in [4.69, 9.17) is 9.47 Å². The highest BCUT2D eigenvalue weighted by atomic mass is 16.5. The molecule has 3 nitrogen and oxygen atoms in total. The van der Waals surface area contributed by atoms with E-state index in [0.717, 1.165) is 37.5 Å². The van der Waals surface area contributed by atoms with Gasteiger partial charge in [-0.25, -0.2) is 0 Å². The molecule has 0 spiro atoms. The van der Waals surface area contributed by atoms with Gasteiger partial charge in [-0.1, -0.05) is 36.8 Å². The molecule has 152 valence electrons. The van der Waals surface area contributed by atoms with Gasteiger partial charge in [-0.05, 0) is 81.4 Å². The van der Waals surface area contributed by atoms with Crippen molar-refractivity contribution in [2.24, 2.45) is 5.92 Å². The van der Waals surface area contributed by atoms with Crippen molar-refractivity contribution >= 4 is 0 Å². The molecular weight excluding hydrogens is 346 g/mol. The number of unbranched alkanes of at least 4 members (excludes halogenated alkanes) is 2. The fraction of sp³-hybridized carbons (Fsp3) is 0.520. The Labute approximate surface area is 170 Å². The molecule has 1 aliphatic rings. The number of methoxy groups -OCH3 is 1. The van der Waals surface area contributed by atoms with E-state index in [-0.39, 0.29) is 0 Å². The van der Waals surface area contributed by atoms with Crippen LogP contribution in [0.5, 0.6) is 11.5 Å². The third-order valence-electron chi connectivity index (χ3n) is 5.71. The molecule has 0 N–H and O–H groups in total. The molecule has 3 rings (SSSR count). The molecule has 2 aromatic carbocycles. The smallest absolute Gasteiger partial charge is 0.122 e. The monoisotopic (exact) mass is 381 g/mol. The molecule has 1 fully saturated rings. The fourth-order valence-corrected chi connectivity index (χ4v) is 4.12. The molecule has 0 aromatic heterocycles. The van der Waals surface area contributed by atoms with E-state index in [1.54, 1.807) is 7.11 Å². The summed E-state index contributed by atoms with van der Waals surface area (Å²) >= 11 is 0. The van der Waals surface area contributed by atoms with Crippen LogP contribution in [0.1, 0.15) is 43.2 Å². The second kappa shape index (κ2) is 11.1. The zero-order valence-electron chi connectivity index (χ0n) is 17.5. The lowest BCUT2D eigenvalue weighted by molar-refractivity contribution is 0.150. The average Bonchev–Trinajstić information content (AvgIpc) is 2.73. The van der Waals surface area contributed by atoms with Crippen molar-refractivity contribution < 1.29 is 9.47 Å². The van der Waals surface area contributed by atoms with E-state index in [2.05, 4.69) is 54.4 Å². The third-order valence-corrected chi connectivity index (χ3v) is 5.71. The molecule has 2 aromatic rings. The minimum absolute atomic E-state index is 0.662. The normalized spacial score (nSPS) is 17.4. The Bertz CT molecular complexity index is 715. The van der Waals surface area contributed by atoms with Crippen LogP contribution in [-0.4, -0.2) is 38.8 Å². The Morgan fingerprint density at radius 2 is 1.86 bits per heavy atom. The van der Waals surface area contributed by atoms with Gasteiger partial charge >= 0.3 is 0 Å². The molecule has 1 atom stereocenters. The predicted octanol–water partition coefficient (Wildman–Crippen LogP) is 5.37. The SMILES string of the molecule is COc1cccc(CCCCCc2ccccc2OCC2CCCN(C)C2)c1. The summed E-state index contributed by atoms with van der Waals surface area (Å²) < 4.78 is 11.5. The quantitative estimate of drug-likeness (QED) is 0.516. The van der Waals surface area contributed by atoms with Gasteiger partial charge in [0.2, 0.25) is 0 Å². The maximum absolute atomic E-state index is 6.24. The molecule has 28 heavy (non-hydrogen) atoms. The first-order valence-corrected chi connectivity index (χ1v) is 10.8. The second-order valence-electron chi connectivity index (χ2n) is 8.10. The van der Waals surface area contributed by atoms with E-state index < -0.39 is 0 Å². The standard InChI is InChI=1S/C25H35NO2/c1-26-17-9-12-22(19-26)20-28-25-16-7-6-14-23(25)13-5-3-4-10-21-11-8-15-24(18-21)27-2/h6-8,11,14-16,18,22H,3-5,9-10,12-13,17,19-20H2,1-2H3. The number of hydrogen-bond donors (Lipinski definition) is 0. The Morgan fingerprint density at radius 3 is 2.71 bits per heavy atom.